The topological polar surface area (TPSA) is 62.3 Å². The molecule has 1 aliphatic rings. The minimum Gasteiger partial charge on any atom is -0.319 e. The van der Waals surface area contributed by atoms with Gasteiger partial charge >= 0.3 is 0 Å². The van der Waals surface area contributed by atoms with E-state index in [0.29, 0.717) is 22.8 Å². The fourth-order valence-corrected chi connectivity index (χ4v) is 2.98. The standard InChI is InChI=1S/C17H16ClN3O2/c1-9-5-4-6-12-15(9)21(13(22)8-18)16-14(20-17(12)23)10(2)7-11(3)19-16/h4-7H,8H2,1-3H3,(H,20,23). The van der Waals surface area contributed by atoms with Crippen molar-refractivity contribution in [2.45, 2.75) is 20.8 Å². The second-order valence-electron chi connectivity index (χ2n) is 5.57. The first kappa shape index (κ1) is 15.5. The number of hydrogen-bond acceptors (Lipinski definition) is 3. The quantitative estimate of drug-likeness (QED) is 0.815. The molecule has 2 amide bonds. The van der Waals surface area contributed by atoms with E-state index in [-0.39, 0.29) is 17.7 Å². The Morgan fingerprint density at radius 2 is 2.00 bits per heavy atom. The number of para-hydroxylation sites is 1. The molecular formula is C17H16ClN3O2. The van der Waals surface area contributed by atoms with Crippen molar-refractivity contribution in [1.82, 2.24) is 4.98 Å². The fraction of sp³-hybridized carbons (Fsp3) is 0.235. The normalized spacial score (nSPS) is 13.0. The number of carbonyl (C=O) groups is 2. The predicted molar refractivity (Wildman–Crippen MR) is 90.7 cm³/mol. The van der Waals surface area contributed by atoms with Crippen molar-refractivity contribution < 1.29 is 9.59 Å². The van der Waals surface area contributed by atoms with E-state index < -0.39 is 0 Å². The third-order valence-corrected chi connectivity index (χ3v) is 4.07. The maximum atomic E-state index is 12.6. The highest BCUT2D eigenvalue weighted by molar-refractivity contribution is 6.31. The van der Waals surface area contributed by atoms with Gasteiger partial charge in [0.05, 0.1) is 16.9 Å². The molecule has 2 heterocycles. The molecule has 0 radical (unpaired) electrons. The van der Waals surface area contributed by atoms with E-state index in [0.717, 1.165) is 16.8 Å². The lowest BCUT2D eigenvalue weighted by molar-refractivity contribution is -0.115. The van der Waals surface area contributed by atoms with Crippen LogP contribution >= 0.6 is 11.6 Å². The van der Waals surface area contributed by atoms with Crippen LogP contribution in [0.2, 0.25) is 0 Å². The first-order chi connectivity index (χ1) is 10.9. The van der Waals surface area contributed by atoms with Crippen LogP contribution in [0.25, 0.3) is 0 Å². The Labute approximate surface area is 139 Å². The van der Waals surface area contributed by atoms with E-state index in [1.165, 1.54) is 4.90 Å². The molecule has 23 heavy (non-hydrogen) atoms. The van der Waals surface area contributed by atoms with Gasteiger partial charge in [0.25, 0.3) is 5.91 Å². The lowest BCUT2D eigenvalue weighted by Gasteiger charge is -2.24. The molecule has 1 N–H and O–H groups in total. The highest BCUT2D eigenvalue weighted by atomic mass is 35.5. The third kappa shape index (κ3) is 2.47. The van der Waals surface area contributed by atoms with Gasteiger partial charge in [0, 0.05) is 5.69 Å². The summed E-state index contributed by atoms with van der Waals surface area (Å²) in [5.74, 6) is -0.369. The molecule has 1 aromatic carbocycles. The van der Waals surface area contributed by atoms with Gasteiger partial charge in [-0.3, -0.25) is 14.5 Å². The summed E-state index contributed by atoms with van der Waals surface area (Å²) in [7, 11) is 0. The molecule has 3 rings (SSSR count). The van der Waals surface area contributed by atoms with Crippen LogP contribution in [0.1, 0.15) is 27.2 Å². The largest absolute Gasteiger partial charge is 0.319 e. The van der Waals surface area contributed by atoms with Crippen LogP contribution in [0.3, 0.4) is 0 Å². The zero-order valence-corrected chi connectivity index (χ0v) is 13.9. The van der Waals surface area contributed by atoms with E-state index in [2.05, 4.69) is 10.3 Å². The Kier molecular flexibility index (Phi) is 3.82. The smallest absolute Gasteiger partial charge is 0.257 e. The molecule has 5 nitrogen and oxygen atoms in total. The van der Waals surface area contributed by atoms with Crippen LogP contribution in [0.4, 0.5) is 17.2 Å². The number of alkyl halides is 1. The predicted octanol–water partition coefficient (Wildman–Crippen LogP) is 3.48. The molecule has 1 aliphatic heterocycles. The van der Waals surface area contributed by atoms with E-state index in [4.69, 9.17) is 11.6 Å². The number of nitrogens with zero attached hydrogens (tertiary/aromatic N) is 2. The molecule has 0 bridgehead atoms. The van der Waals surface area contributed by atoms with Gasteiger partial charge in [-0.25, -0.2) is 4.98 Å². The van der Waals surface area contributed by atoms with Crippen LogP contribution in [0.5, 0.6) is 0 Å². The molecule has 0 unspecified atom stereocenters. The lowest BCUT2D eigenvalue weighted by Crippen LogP contribution is -2.29. The molecule has 2 aromatic rings. The first-order valence-electron chi connectivity index (χ1n) is 7.22. The lowest BCUT2D eigenvalue weighted by atomic mass is 10.1. The average molecular weight is 330 g/mol. The van der Waals surface area contributed by atoms with Gasteiger partial charge in [-0.15, -0.1) is 11.6 Å². The van der Waals surface area contributed by atoms with Crippen LogP contribution in [-0.4, -0.2) is 22.7 Å². The van der Waals surface area contributed by atoms with Gasteiger partial charge in [-0.2, -0.15) is 0 Å². The van der Waals surface area contributed by atoms with Crippen LogP contribution in [0, 0.1) is 20.8 Å². The number of nitrogens with one attached hydrogen (secondary N) is 1. The summed E-state index contributed by atoms with van der Waals surface area (Å²) < 4.78 is 0. The van der Waals surface area contributed by atoms with Gasteiger partial charge < -0.3 is 5.32 Å². The van der Waals surface area contributed by atoms with Crippen molar-refractivity contribution in [3.63, 3.8) is 0 Å². The van der Waals surface area contributed by atoms with Gasteiger partial charge in [-0.1, -0.05) is 12.1 Å². The average Bonchev–Trinajstić information content (AvgIpc) is 2.63. The number of carbonyl (C=O) groups excluding carboxylic acids is 2. The number of aromatic nitrogens is 1. The number of halogens is 1. The molecule has 0 aliphatic carbocycles. The van der Waals surface area contributed by atoms with Crippen LogP contribution in [-0.2, 0) is 4.79 Å². The van der Waals surface area contributed by atoms with Crippen LogP contribution < -0.4 is 10.2 Å². The Bertz CT molecular complexity index is 833. The summed E-state index contributed by atoms with van der Waals surface area (Å²) in [5.41, 5.74) is 3.92. The van der Waals surface area contributed by atoms with Crippen molar-refractivity contribution in [2.75, 3.05) is 16.1 Å². The monoisotopic (exact) mass is 329 g/mol. The second kappa shape index (κ2) is 5.66. The molecular weight excluding hydrogens is 314 g/mol. The Morgan fingerprint density at radius 1 is 1.26 bits per heavy atom. The number of rotatable bonds is 1. The molecule has 0 fully saturated rings. The van der Waals surface area contributed by atoms with Crippen molar-refractivity contribution in [2.24, 2.45) is 0 Å². The number of hydrogen-bond donors (Lipinski definition) is 1. The van der Waals surface area contributed by atoms with Crippen molar-refractivity contribution in [3.05, 3.63) is 46.6 Å². The van der Waals surface area contributed by atoms with Gasteiger partial charge in [-0.05, 0) is 44.0 Å². The number of aryl methyl sites for hydroxylation is 3. The number of fused-ring (bicyclic) bond motifs is 2. The van der Waals surface area contributed by atoms with Crippen molar-refractivity contribution in [3.8, 4) is 0 Å². The minimum absolute atomic E-state index is 0.198. The molecule has 0 saturated carbocycles. The van der Waals surface area contributed by atoms with Gasteiger partial charge in [0.1, 0.15) is 5.88 Å². The zero-order valence-electron chi connectivity index (χ0n) is 13.1. The fourth-order valence-electron chi connectivity index (χ4n) is 2.86. The summed E-state index contributed by atoms with van der Waals surface area (Å²) >= 11 is 5.82. The Balaban J connectivity index is 2.40. The maximum absolute atomic E-state index is 12.6. The summed E-state index contributed by atoms with van der Waals surface area (Å²) in [4.78, 5) is 31.1. The van der Waals surface area contributed by atoms with E-state index in [9.17, 15) is 9.59 Å². The second-order valence-corrected chi connectivity index (χ2v) is 5.83. The first-order valence-corrected chi connectivity index (χ1v) is 7.75. The van der Waals surface area contributed by atoms with Crippen molar-refractivity contribution in [1.29, 1.82) is 0 Å². The third-order valence-electron chi connectivity index (χ3n) is 3.85. The number of pyridine rings is 1. The molecule has 0 atom stereocenters. The molecule has 0 spiro atoms. The minimum atomic E-state index is -0.322. The molecule has 1 aromatic heterocycles. The molecule has 0 saturated heterocycles. The maximum Gasteiger partial charge on any atom is 0.257 e. The van der Waals surface area contributed by atoms with Crippen molar-refractivity contribution >= 4 is 40.6 Å². The number of anilines is 3. The van der Waals surface area contributed by atoms with E-state index >= 15 is 0 Å². The molecule has 6 heteroatoms. The Morgan fingerprint density at radius 3 is 2.70 bits per heavy atom. The van der Waals surface area contributed by atoms with Crippen LogP contribution in [0.15, 0.2) is 24.3 Å². The zero-order chi connectivity index (χ0) is 16.7. The van der Waals surface area contributed by atoms with E-state index in [1.807, 2.05) is 32.9 Å². The highest BCUT2D eigenvalue weighted by Crippen LogP contribution is 2.40. The summed E-state index contributed by atoms with van der Waals surface area (Å²) in [6, 6.07) is 7.21. The summed E-state index contributed by atoms with van der Waals surface area (Å²) in [6.07, 6.45) is 0. The summed E-state index contributed by atoms with van der Waals surface area (Å²) in [5, 5.41) is 2.87. The highest BCUT2D eigenvalue weighted by Gasteiger charge is 2.32. The number of benzene rings is 1. The molecule has 118 valence electrons. The van der Waals surface area contributed by atoms with Gasteiger partial charge in [0.15, 0.2) is 5.82 Å². The number of amides is 2. The van der Waals surface area contributed by atoms with E-state index in [1.54, 1.807) is 12.1 Å². The SMILES string of the molecule is Cc1cc(C)c2c(n1)N(C(=O)CCl)c1c(C)cccc1C(=O)N2. The Hall–Kier alpha value is -2.40. The summed E-state index contributed by atoms with van der Waals surface area (Å²) in [6.45, 7) is 5.58. The van der Waals surface area contributed by atoms with Gasteiger partial charge in [0.2, 0.25) is 5.91 Å².